The van der Waals surface area contributed by atoms with Crippen LogP contribution in [0.1, 0.15) is 64.9 Å². The fraction of sp³-hybridized carbons (Fsp3) is 0.400. The van der Waals surface area contributed by atoms with Gasteiger partial charge in [-0.3, -0.25) is 0 Å². The molecular formula is C25H30O2. The van der Waals surface area contributed by atoms with E-state index in [1.807, 2.05) is 12.1 Å². The van der Waals surface area contributed by atoms with E-state index >= 15 is 0 Å². The summed E-state index contributed by atoms with van der Waals surface area (Å²) in [6.45, 7) is 7.01. The van der Waals surface area contributed by atoms with Gasteiger partial charge in [0, 0.05) is 0 Å². The minimum Gasteiger partial charge on any atom is -0.465 e. The van der Waals surface area contributed by atoms with Gasteiger partial charge >= 0.3 is 5.97 Å². The van der Waals surface area contributed by atoms with Crippen molar-refractivity contribution in [1.29, 1.82) is 0 Å². The summed E-state index contributed by atoms with van der Waals surface area (Å²) in [5.74, 6) is -0.297. The van der Waals surface area contributed by atoms with Gasteiger partial charge in [0.15, 0.2) is 0 Å². The Morgan fingerprint density at radius 1 is 1.07 bits per heavy atom. The number of aryl methyl sites for hydroxylation is 3. The third-order valence-corrected chi connectivity index (χ3v) is 5.78. The molecule has 2 heteroatoms. The summed E-state index contributed by atoms with van der Waals surface area (Å²) in [6, 6.07) is 12.4. The molecule has 2 aromatic carbocycles. The highest BCUT2D eigenvalue weighted by Crippen LogP contribution is 2.34. The molecule has 2 nitrogen and oxygen atoms in total. The number of ether oxygens (including phenoxy) is 1. The first-order valence-electron chi connectivity index (χ1n) is 9.84. The molecule has 3 rings (SSSR count). The molecule has 0 amide bonds. The lowest BCUT2D eigenvalue weighted by atomic mass is 9.85. The van der Waals surface area contributed by atoms with Crippen LogP contribution in [0.5, 0.6) is 0 Å². The van der Waals surface area contributed by atoms with E-state index in [9.17, 15) is 4.79 Å². The number of esters is 1. The molecule has 0 saturated carbocycles. The van der Waals surface area contributed by atoms with Crippen molar-refractivity contribution in [1.82, 2.24) is 0 Å². The molecule has 0 saturated heterocycles. The van der Waals surface area contributed by atoms with E-state index in [1.165, 1.54) is 49.5 Å². The highest BCUT2D eigenvalue weighted by Gasteiger charge is 2.22. The maximum atomic E-state index is 11.5. The molecule has 2 aromatic rings. The smallest absolute Gasteiger partial charge is 0.337 e. The molecule has 0 atom stereocenters. The summed E-state index contributed by atoms with van der Waals surface area (Å²) in [5, 5.41) is 0. The molecule has 142 valence electrons. The molecular weight excluding hydrogens is 332 g/mol. The summed E-state index contributed by atoms with van der Waals surface area (Å²) in [4.78, 5) is 11.5. The monoisotopic (exact) mass is 362 g/mol. The third-order valence-electron chi connectivity index (χ3n) is 5.78. The summed E-state index contributed by atoms with van der Waals surface area (Å²) >= 11 is 0. The fourth-order valence-electron chi connectivity index (χ4n) is 3.79. The summed E-state index contributed by atoms with van der Waals surface area (Å²) in [7, 11) is 1.40. The highest BCUT2D eigenvalue weighted by molar-refractivity contribution is 5.89. The average molecular weight is 363 g/mol. The second-order valence-electron chi connectivity index (χ2n) is 8.43. The van der Waals surface area contributed by atoms with Gasteiger partial charge in [-0.05, 0) is 84.4 Å². The van der Waals surface area contributed by atoms with Crippen LogP contribution in [0.4, 0.5) is 0 Å². The molecule has 0 fully saturated rings. The van der Waals surface area contributed by atoms with Crippen molar-refractivity contribution in [2.45, 2.75) is 52.9 Å². The van der Waals surface area contributed by atoms with Crippen LogP contribution >= 0.6 is 0 Å². The number of benzene rings is 2. The van der Waals surface area contributed by atoms with Gasteiger partial charge in [0.1, 0.15) is 0 Å². The van der Waals surface area contributed by atoms with Crippen molar-refractivity contribution in [2.24, 2.45) is 5.41 Å². The van der Waals surface area contributed by atoms with Gasteiger partial charge in [0.2, 0.25) is 0 Å². The van der Waals surface area contributed by atoms with Crippen LogP contribution < -0.4 is 0 Å². The van der Waals surface area contributed by atoms with Crippen LogP contribution in [0, 0.1) is 12.3 Å². The van der Waals surface area contributed by atoms with Gasteiger partial charge in [-0.25, -0.2) is 4.79 Å². The molecule has 0 heterocycles. The maximum absolute atomic E-state index is 11.5. The van der Waals surface area contributed by atoms with Crippen LogP contribution in [-0.2, 0) is 24.0 Å². The molecule has 1 aliphatic carbocycles. The number of fused-ring (bicyclic) bond motifs is 1. The zero-order chi connectivity index (χ0) is 19.4. The van der Waals surface area contributed by atoms with E-state index < -0.39 is 0 Å². The zero-order valence-corrected chi connectivity index (χ0v) is 17.0. The van der Waals surface area contributed by atoms with Gasteiger partial charge in [-0.1, -0.05) is 50.3 Å². The second-order valence-corrected chi connectivity index (χ2v) is 8.43. The normalized spacial score (nSPS) is 16.0. The largest absolute Gasteiger partial charge is 0.465 e. The molecule has 0 aromatic heterocycles. The lowest BCUT2D eigenvalue weighted by molar-refractivity contribution is 0.0600. The van der Waals surface area contributed by atoms with Crippen molar-refractivity contribution in [2.75, 3.05) is 7.11 Å². The van der Waals surface area contributed by atoms with Crippen LogP contribution in [0.15, 0.2) is 42.5 Å². The van der Waals surface area contributed by atoms with Crippen LogP contribution in [0.2, 0.25) is 0 Å². The second kappa shape index (κ2) is 8.12. The van der Waals surface area contributed by atoms with Crippen molar-refractivity contribution in [3.8, 4) is 0 Å². The topological polar surface area (TPSA) is 26.3 Å². The average Bonchev–Trinajstić information content (AvgIpc) is 2.80. The molecule has 1 aliphatic rings. The molecule has 0 bridgehead atoms. The quantitative estimate of drug-likeness (QED) is 0.497. The van der Waals surface area contributed by atoms with Crippen LogP contribution in [-0.4, -0.2) is 13.1 Å². The number of carbonyl (C=O) groups is 1. The lowest BCUT2D eigenvalue weighted by Gasteiger charge is -2.21. The summed E-state index contributed by atoms with van der Waals surface area (Å²) in [5.41, 5.74) is 8.01. The minimum atomic E-state index is -0.297. The first-order valence-corrected chi connectivity index (χ1v) is 9.84. The van der Waals surface area contributed by atoms with E-state index in [2.05, 4.69) is 45.1 Å². The molecule has 0 aliphatic heterocycles. The minimum absolute atomic E-state index is 0.297. The molecule has 27 heavy (non-hydrogen) atoms. The van der Waals surface area contributed by atoms with Gasteiger partial charge in [-0.15, -0.1) is 0 Å². The first kappa shape index (κ1) is 19.4. The SMILES string of the molecule is COC(=O)c1ccc(C=CCc2cc3c(cc2C)CCC(C)(C)CC3)cc1. The number of rotatable bonds is 4. The van der Waals surface area contributed by atoms with Gasteiger partial charge in [0.05, 0.1) is 12.7 Å². The van der Waals surface area contributed by atoms with Crippen molar-refractivity contribution in [3.05, 3.63) is 75.9 Å². The lowest BCUT2D eigenvalue weighted by Crippen LogP contribution is -2.10. The number of hydrogen-bond donors (Lipinski definition) is 0. The number of carbonyl (C=O) groups excluding carboxylic acids is 1. The Kier molecular flexibility index (Phi) is 5.84. The van der Waals surface area contributed by atoms with Gasteiger partial charge in [-0.2, -0.15) is 0 Å². The predicted molar refractivity (Wildman–Crippen MR) is 112 cm³/mol. The van der Waals surface area contributed by atoms with Crippen molar-refractivity contribution in [3.63, 3.8) is 0 Å². The van der Waals surface area contributed by atoms with Crippen molar-refractivity contribution >= 4 is 12.0 Å². The van der Waals surface area contributed by atoms with Gasteiger partial charge < -0.3 is 4.74 Å². The highest BCUT2D eigenvalue weighted by atomic mass is 16.5. The number of allylic oxidation sites excluding steroid dienone is 1. The summed E-state index contributed by atoms with van der Waals surface area (Å²) in [6.07, 6.45) is 10.2. The molecule has 0 spiro atoms. The van der Waals surface area contributed by atoms with E-state index in [-0.39, 0.29) is 5.97 Å². The molecule has 0 unspecified atom stereocenters. The summed E-state index contributed by atoms with van der Waals surface area (Å²) < 4.78 is 4.74. The van der Waals surface area contributed by atoms with E-state index in [4.69, 9.17) is 4.74 Å². The van der Waals surface area contributed by atoms with Crippen LogP contribution in [0.25, 0.3) is 6.08 Å². The standard InChI is InChI=1S/C25H30O2/c1-18-16-22-12-14-25(2,3)15-13-23(22)17-21(18)7-5-6-19-8-10-20(11-9-19)24(26)27-4/h5-6,8-11,16-17H,7,12-15H2,1-4H3. The third kappa shape index (κ3) is 4.88. The van der Waals surface area contributed by atoms with Gasteiger partial charge in [0.25, 0.3) is 0 Å². The van der Waals surface area contributed by atoms with E-state index in [0.29, 0.717) is 11.0 Å². The Hall–Kier alpha value is -2.35. The predicted octanol–water partition coefficient (Wildman–Crippen LogP) is 5.94. The number of methoxy groups -OCH3 is 1. The maximum Gasteiger partial charge on any atom is 0.337 e. The zero-order valence-electron chi connectivity index (χ0n) is 17.0. The molecule has 0 N–H and O–H groups in total. The Labute approximate surface area is 163 Å². The Morgan fingerprint density at radius 3 is 2.33 bits per heavy atom. The Bertz CT molecular complexity index is 841. The first-order chi connectivity index (χ1) is 12.9. The Morgan fingerprint density at radius 2 is 1.70 bits per heavy atom. The van der Waals surface area contributed by atoms with Crippen LogP contribution in [0.3, 0.4) is 0 Å². The van der Waals surface area contributed by atoms with E-state index in [1.54, 1.807) is 17.7 Å². The van der Waals surface area contributed by atoms with Crippen molar-refractivity contribution < 1.29 is 9.53 Å². The van der Waals surface area contributed by atoms with E-state index in [0.717, 1.165) is 12.0 Å². The Balaban J connectivity index is 1.70. The fourth-order valence-corrected chi connectivity index (χ4v) is 3.79. The number of hydrogen-bond acceptors (Lipinski definition) is 2. The molecule has 0 radical (unpaired) electrons.